The van der Waals surface area contributed by atoms with Crippen LogP contribution in [-0.2, 0) is 59.2 Å². The molecule has 74 heavy (non-hydrogen) atoms. The lowest BCUT2D eigenvalue weighted by atomic mass is 9.95. The zero-order chi connectivity index (χ0) is 55.0. The van der Waals surface area contributed by atoms with Crippen molar-refractivity contribution in [2.24, 2.45) is 17.8 Å². The second-order valence-corrected chi connectivity index (χ2v) is 20.5. The van der Waals surface area contributed by atoms with Crippen LogP contribution in [-0.4, -0.2) is 165 Å². The molecule has 1 aromatic carbocycles. The van der Waals surface area contributed by atoms with Gasteiger partial charge in [-0.05, 0) is 88.7 Å². The average molecular weight is 1040 g/mol. The molecule has 3 saturated heterocycles. The van der Waals surface area contributed by atoms with Crippen LogP contribution >= 0.6 is 0 Å². The highest BCUT2D eigenvalue weighted by molar-refractivity contribution is 5.99. The van der Waals surface area contributed by atoms with E-state index in [-0.39, 0.29) is 43.2 Å². The SMILES string of the molecule is CC[C@H](C)[C@H](NC(=O)[C@@H](NC(=O)[C@H](C)NC(=O)[C@H](CC(=O)O)NC(=O)[C@H](CC(C)C)NC(=O)[C@@H]1CCCN1C(=O)[C@@H]1CCCN1C(=O)[C@@H]1CCCN1)C(C)C)C(=O)N[C@@H](Cc1ccccc1)C(=O)N[C@@H](C)C(=O)O. The Kier molecular flexibility index (Phi) is 22.8. The fourth-order valence-corrected chi connectivity index (χ4v) is 9.34. The molecule has 0 bridgehead atoms. The maximum atomic E-state index is 14.0. The van der Waals surface area contributed by atoms with Gasteiger partial charge in [-0.2, -0.15) is 0 Å². The number of nitrogens with zero attached hydrogens (tertiary/aromatic N) is 2. The summed E-state index contributed by atoms with van der Waals surface area (Å²) in [4.78, 5) is 150. The molecule has 3 aliphatic rings. The van der Waals surface area contributed by atoms with Gasteiger partial charge in [0.05, 0.1) is 12.5 Å². The van der Waals surface area contributed by atoms with Gasteiger partial charge in [-0.25, -0.2) is 0 Å². The van der Waals surface area contributed by atoms with Crippen molar-refractivity contribution in [2.75, 3.05) is 19.6 Å². The van der Waals surface area contributed by atoms with Crippen molar-refractivity contribution in [1.82, 2.24) is 52.3 Å². The third-order valence-corrected chi connectivity index (χ3v) is 13.8. The van der Waals surface area contributed by atoms with Crippen LogP contribution in [0.2, 0.25) is 0 Å². The van der Waals surface area contributed by atoms with Gasteiger partial charge in [0, 0.05) is 19.5 Å². The maximum absolute atomic E-state index is 14.0. The third-order valence-electron chi connectivity index (χ3n) is 13.8. The Balaban J connectivity index is 1.42. The highest BCUT2D eigenvalue weighted by Crippen LogP contribution is 2.27. The largest absolute Gasteiger partial charge is 0.481 e. The Morgan fingerprint density at radius 2 is 1.15 bits per heavy atom. The Morgan fingerprint density at radius 1 is 0.595 bits per heavy atom. The zero-order valence-corrected chi connectivity index (χ0v) is 43.9. The van der Waals surface area contributed by atoms with E-state index in [1.165, 1.54) is 18.7 Å². The van der Waals surface area contributed by atoms with E-state index in [9.17, 15) is 63.0 Å². The van der Waals surface area contributed by atoms with Crippen molar-refractivity contribution in [3.63, 3.8) is 0 Å². The first-order chi connectivity index (χ1) is 34.9. The van der Waals surface area contributed by atoms with Crippen molar-refractivity contribution in [1.29, 1.82) is 0 Å². The molecule has 0 unspecified atom stereocenters. The second kappa shape index (κ2) is 28.1. The number of nitrogens with one attached hydrogen (secondary N) is 8. The molecule has 23 heteroatoms. The molecular formula is C51H78N10O13. The van der Waals surface area contributed by atoms with Crippen molar-refractivity contribution < 1.29 is 63.0 Å². The van der Waals surface area contributed by atoms with E-state index in [4.69, 9.17) is 0 Å². The molecule has 0 radical (unpaired) electrons. The molecule has 4 rings (SSSR count). The van der Waals surface area contributed by atoms with Gasteiger partial charge in [-0.3, -0.25) is 52.7 Å². The van der Waals surface area contributed by atoms with Crippen LogP contribution in [0.5, 0.6) is 0 Å². The number of amides is 9. The van der Waals surface area contributed by atoms with E-state index in [2.05, 4.69) is 42.5 Å². The number of aliphatic carboxylic acids is 2. The summed E-state index contributed by atoms with van der Waals surface area (Å²) in [5, 5.41) is 40.3. The minimum absolute atomic E-state index is 0.00140. The zero-order valence-electron chi connectivity index (χ0n) is 43.9. The minimum Gasteiger partial charge on any atom is -0.481 e. The summed E-state index contributed by atoms with van der Waals surface area (Å²) < 4.78 is 0. The molecule has 410 valence electrons. The lowest BCUT2D eigenvalue weighted by Crippen LogP contribution is -2.61. The standard InChI is InChI=1S/C51H78N10O13/c1-9-29(6)41(48(70)57-35(25-32-16-11-10-12-17-32)43(65)54-31(8)51(73)74)59-47(69)40(28(4)5)58-42(64)30(7)53-44(66)36(26-39(62)63)55-45(67)34(24-27(2)3)56-46(68)37-19-14-22-60(37)50(72)38-20-15-23-61(38)49(71)33-18-13-21-52-33/h10-12,16-17,27-31,33-38,40-41,52H,9,13-15,18-26H2,1-8H3,(H,53,66)(H,54,65)(H,55,67)(H,56,68)(H,57,70)(H,58,64)(H,59,69)(H,62,63)(H,73,74)/t29-,30-,31-,33-,34-,35-,36-,37-,38-,40-,41-/m0/s1. The minimum atomic E-state index is -1.73. The molecule has 10 N–H and O–H groups in total. The predicted molar refractivity (Wildman–Crippen MR) is 269 cm³/mol. The smallest absolute Gasteiger partial charge is 0.325 e. The molecule has 0 aromatic heterocycles. The van der Waals surface area contributed by atoms with E-state index < -0.39 is 126 Å². The third kappa shape index (κ3) is 17.0. The highest BCUT2D eigenvalue weighted by Gasteiger charge is 2.44. The summed E-state index contributed by atoms with van der Waals surface area (Å²) in [7, 11) is 0. The van der Waals surface area contributed by atoms with Gasteiger partial charge < -0.3 is 62.5 Å². The van der Waals surface area contributed by atoms with Crippen molar-refractivity contribution >= 4 is 65.1 Å². The van der Waals surface area contributed by atoms with E-state index in [1.54, 1.807) is 76.8 Å². The van der Waals surface area contributed by atoms with Gasteiger partial charge >= 0.3 is 11.9 Å². The van der Waals surface area contributed by atoms with Crippen LogP contribution < -0.4 is 42.5 Å². The monoisotopic (exact) mass is 1040 g/mol. The number of hydrogen-bond donors (Lipinski definition) is 10. The van der Waals surface area contributed by atoms with Crippen LogP contribution in [0, 0.1) is 17.8 Å². The lowest BCUT2D eigenvalue weighted by molar-refractivity contribution is -0.147. The quantitative estimate of drug-likeness (QED) is 0.0570. The summed E-state index contributed by atoms with van der Waals surface area (Å²) in [5.41, 5.74) is 0.667. The average Bonchev–Trinajstić information content (AvgIpc) is 4.17. The predicted octanol–water partition coefficient (Wildman–Crippen LogP) is -0.296. The first kappa shape index (κ1) is 59.9. The molecule has 3 heterocycles. The van der Waals surface area contributed by atoms with Gasteiger partial charge in [0.25, 0.3) is 0 Å². The lowest BCUT2D eigenvalue weighted by Gasteiger charge is -2.33. The van der Waals surface area contributed by atoms with Crippen LogP contribution in [0.1, 0.15) is 119 Å². The molecule has 3 fully saturated rings. The van der Waals surface area contributed by atoms with Gasteiger partial charge in [-0.1, -0.05) is 78.3 Å². The summed E-state index contributed by atoms with van der Waals surface area (Å²) in [6.07, 6.45) is 3.02. The number of carbonyl (C=O) groups is 11. The van der Waals surface area contributed by atoms with E-state index >= 15 is 0 Å². The Bertz CT molecular complexity index is 2190. The number of hydrogen-bond acceptors (Lipinski definition) is 12. The fraction of sp³-hybridized carbons (Fsp3) is 0.667. The number of carboxylic acid groups (broad SMARTS) is 2. The van der Waals surface area contributed by atoms with E-state index in [0.29, 0.717) is 50.6 Å². The van der Waals surface area contributed by atoms with Crippen LogP contribution in [0.15, 0.2) is 30.3 Å². The normalized spacial score (nSPS) is 20.7. The molecule has 1 aromatic rings. The van der Waals surface area contributed by atoms with E-state index in [1.807, 2.05) is 0 Å². The van der Waals surface area contributed by atoms with E-state index in [0.717, 1.165) is 13.0 Å². The molecular weight excluding hydrogens is 961 g/mol. The number of carbonyl (C=O) groups excluding carboxylic acids is 9. The first-order valence-corrected chi connectivity index (χ1v) is 25.9. The van der Waals surface area contributed by atoms with Crippen molar-refractivity contribution in [3.8, 4) is 0 Å². The molecule has 9 amide bonds. The topological polar surface area (TPSA) is 331 Å². The number of rotatable bonds is 26. The number of likely N-dealkylation sites (tertiary alicyclic amines) is 2. The van der Waals surface area contributed by atoms with Gasteiger partial charge in [0.2, 0.25) is 53.2 Å². The maximum Gasteiger partial charge on any atom is 0.325 e. The fourth-order valence-electron chi connectivity index (χ4n) is 9.34. The van der Waals surface area contributed by atoms with Gasteiger partial charge in [0.15, 0.2) is 0 Å². The molecule has 3 aliphatic heterocycles. The first-order valence-electron chi connectivity index (χ1n) is 25.9. The summed E-state index contributed by atoms with van der Waals surface area (Å²) in [6.45, 7) is 14.3. The van der Waals surface area contributed by atoms with Crippen LogP contribution in [0.25, 0.3) is 0 Å². The van der Waals surface area contributed by atoms with Crippen molar-refractivity contribution in [3.05, 3.63) is 35.9 Å². The van der Waals surface area contributed by atoms with Crippen molar-refractivity contribution in [2.45, 2.75) is 180 Å². The summed E-state index contributed by atoms with van der Waals surface area (Å²) >= 11 is 0. The van der Waals surface area contributed by atoms with Crippen LogP contribution in [0.3, 0.4) is 0 Å². The Labute approximate surface area is 432 Å². The summed E-state index contributed by atoms with van der Waals surface area (Å²) in [5.74, 6) is -10.2. The van der Waals surface area contributed by atoms with Gasteiger partial charge in [0.1, 0.15) is 54.4 Å². The molecule has 0 saturated carbocycles. The Morgan fingerprint density at radius 3 is 1.72 bits per heavy atom. The number of benzene rings is 1. The molecule has 0 spiro atoms. The summed E-state index contributed by atoms with van der Waals surface area (Å²) in [6, 6.07) is -2.71. The Hall–Kier alpha value is -6.65. The molecule has 11 atom stereocenters. The number of carboxylic acids is 2. The highest BCUT2D eigenvalue weighted by atomic mass is 16.4. The van der Waals surface area contributed by atoms with Crippen LogP contribution in [0.4, 0.5) is 0 Å². The molecule has 23 nitrogen and oxygen atoms in total. The molecule has 0 aliphatic carbocycles. The van der Waals surface area contributed by atoms with Gasteiger partial charge in [-0.15, -0.1) is 0 Å². The second-order valence-electron chi connectivity index (χ2n) is 20.5.